The summed E-state index contributed by atoms with van der Waals surface area (Å²) in [5, 5.41) is 6.94. The SMILES string of the molecule is CCN(CC(=O)Nc1ccc(Cl)cc1)C1CCNCC1. The molecule has 1 aromatic rings. The summed E-state index contributed by atoms with van der Waals surface area (Å²) >= 11 is 5.83. The molecule has 20 heavy (non-hydrogen) atoms. The molecular weight excluding hydrogens is 274 g/mol. The van der Waals surface area contributed by atoms with Crippen molar-refractivity contribution in [2.75, 3.05) is 31.5 Å². The van der Waals surface area contributed by atoms with Crippen molar-refractivity contribution in [1.82, 2.24) is 10.2 Å². The quantitative estimate of drug-likeness (QED) is 0.876. The number of halogens is 1. The van der Waals surface area contributed by atoms with Crippen molar-refractivity contribution in [1.29, 1.82) is 0 Å². The second kappa shape index (κ2) is 7.62. The molecule has 0 saturated carbocycles. The molecule has 0 atom stereocenters. The van der Waals surface area contributed by atoms with Crippen LogP contribution in [0.2, 0.25) is 5.02 Å². The van der Waals surface area contributed by atoms with Crippen LogP contribution in [0.5, 0.6) is 0 Å². The Kier molecular flexibility index (Phi) is 5.83. The van der Waals surface area contributed by atoms with Crippen LogP contribution >= 0.6 is 11.6 Å². The molecule has 1 amide bonds. The topological polar surface area (TPSA) is 44.4 Å². The molecule has 1 heterocycles. The van der Waals surface area contributed by atoms with Gasteiger partial charge in [0.2, 0.25) is 5.91 Å². The highest BCUT2D eigenvalue weighted by Gasteiger charge is 2.21. The van der Waals surface area contributed by atoms with Crippen LogP contribution in [0, 0.1) is 0 Å². The van der Waals surface area contributed by atoms with Crippen LogP contribution in [0.4, 0.5) is 5.69 Å². The number of benzene rings is 1. The van der Waals surface area contributed by atoms with E-state index in [1.165, 1.54) is 0 Å². The molecule has 0 radical (unpaired) electrons. The summed E-state index contributed by atoms with van der Waals surface area (Å²) < 4.78 is 0. The minimum absolute atomic E-state index is 0.0349. The highest BCUT2D eigenvalue weighted by molar-refractivity contribution is 6.30. The highest BCUT2D eigenvalue weighted by atomic mass is 35.5. The number of hydrogen-bond acceptors (Lipinski definition) is 3. The fraction of sp³-hybridized carbons (Fsp3) is 0.533. The molecule has 0 aromatic heterocycles. The van der Waals surface area contributed by atoms with Crippen LogP contribution in [-0.2, 0) is 4.79 Å². The number of carbonyl (C=O) groups excluding carboxylic acids is 1. The van der Waals surface area contributed by atoms with Gasteiger partial charge in [-0.05, 0) is 56.7 Å². The maximum Gasteiger partial charge on any atom is 0.238 e. The third-order valence-corrected chi connectivity index (χ3v) is 3.96. The second-order valence-electron chi connectivity index (χ2n) is 5.10. The number of carbonyl (C=O) groups is 1. The van der Waals surface area contributed by atoms with E-state index >= 15 is 0 Å². The van der Waals surface area contributed by atoms with Crippen molar-refractivity contribution in [3.05, 3.63) is 29.3 Å². The summed E-state index contributed by atoms with van der Waals surface area (Å²) in [7, 11) is 0. The fourth-order valence-electron chi connectivity index (χ4n) is 2.59. The number of anilines is 1. The molecule has 5 heteroatoms. The van der Waals surface area contributed by atoms with Gasteiger partial charge in [0, 0.05) is 16.8 Å². The lowest BCUT2D eigenvalue weighted by atomic mass is 10.0. The standard InChI is InChI=1S/C15H22ClN3O/c1-2-19(14-7-9-17-10-8-14)11-15(20)18-13-5-3-12(16)4-6-13/h3-6,14,17H,2,7-11H2,1H3,(H,18,20). The van der Waals surface area contributed by atoms with Gasteiger partial charge in [0.05, 0.1) is 6.54 Å². The van der Waals surface area contributed by atoms with Crippen molar-refractivity contribution in [2.24, 2.45) is 0 Å². The van der Waals surface area contributed by atoms with Crippen molar-refractivity contribution in [3.8, 4) is 0 Å². The van der Waals surface area contributed by atoms with E-state index in [0.717, 1.165) is 38.2 Å². The number of rotatable bonds is 5. The first-order chi connectivity index (χ1) is 9.69. The summed E-state index contributed by atoms with van der Waals surface area (Å²) in [5.74, 6) is 0.0349. The maximum absolute atomic E-state index is 12.1. The number of nitrogens with zero attached hydrogens (tertiary/aromatic N) is 1. The van der Waals surface area contributed by atoms with Crippen molar-refractivity contribution < 1.29 is 4.79 Å². The molecule has 0 spiro atoms. The maximum atomic E-state index is 12.1. The average Bonchev–Trinajstić information content (AvgIpc) is 2.48. The third-order valence-electron chi connectivity index (χ3n) is 3.71. The van der Waals surface area contributed by atoms with Gasteiger partial charge in [-0.25, -0.2) is 0 Å². The largest absolute Gasteiger partial charge is 0.325 e. The van der Waals surface area contributed by atoms with Gasteiger partial charge >= 0.3 is 0 Å². The summed E-state index contributed by atoms with van der Waals surface area (Å²) in [6, 6.07) is 7.71. The Morgan fingerprint density at radius 3 is 2.60 bits per heavy atom. The van der Waals surface area contributed by atoms with Gasteiger partial charge < -0.3 is 10.6 Å². The first-order valence-electron chi connectivity index (χ1n) is 7.19. The Hall–Kier alpha value is -1.10. The Balaban J connectivity index is 1.86. The Morgan fingerprint density at radius 2 is 2.00 bits per heavy atom. The number of hydrogen-bond donors (Lipinski definition) is 2. The highest BCUT2D eigenvalue weighted by Crippen LogP contribution is 2.14. The zero-order chi connectivity index (χ0) is 14.4. The lowest BCUT2D eigenvalue weighted by Gasteiger charge is -2.33. The fourth-order valence-corrected chi connectivity index (χ4v) is 2.72. The molecule has 0 unspecified atom stereocenters. The average molecular weight is 296 g/mol. The van der Waals surface area contributed by atoms with Gasteiger partial charge in [-0.15, -0.1) is 0 Å². The normalized spacial score (nSPS) is 16.4. The Labute approximate surface area is 125 Å². The summed E-state index contributed by atoms with van der Waals surface area (Å²) in [6.45, 7) is 5.54. The van der Waals surface area contributed by atoms with E-state index in [9.17, 15) is 4.79 Å². The molecule has 1 saturated heterocycles. The van der Waals surface area contributed by atoms with Gasteiger partial charge in [-0.3, -0.25) is 9.69 Å². The predicted molar refractivity (Wildman–Crippen MR) is 83.2 cm³/mol. The van der Waals surface area contributed by atoms with Crippen molar-refractivity contribution in [3.63, 3.8) is 0 Å². The number of piperidine rings is 1. The van der Waals surface area contributed by atoms with Gasteiger partial charge in [-0.1, -0.05) is 18.5 Å². The smallest absolute Gasteiger partial charge is 0.238 e. The van der Waals surface area contributed by atoms with E-state index in [1.807, 2.05) is 12.1 Å². The van der Waals surface area contributed by atoms with Crippen LogP contribution in [0.3, 0.4) is 0 Å². The Morgan fingerprint density at radius 1 is 1.35 bits per heavy atom. The van der Waals surface area contributed by atoms with Gasteiger partial charge in [0.15, 0.2) is 0 Å². The molecular formula is C15H22ClN3O. The minimum Gasteiger partial charge on any atom is -0.325 e. The summed E-state index contributed by atoms with van der Waals surface area (Å²) in [6.07, 6.45) is 2.23. The predicted octanol–water partition coefficient (Wildman–Crippen LogP) is 2.35. The van der Waals surface area contributed by atoms with E-state index in [0.29, 0.717) is 17.6 Å². The molecule has 4 nitrogen and oxygen atoms in total. The molecule has 0 bridgehead atoms. The lowest BCUT2D eigenvalue weighted by Crippen LogP contribution is -2.46. The van der Waals surface area contributed by atoms with Gasteiger partial charge in [-0.2, -0.15) is 0 Å². The summed E-state index contributed by atoms with van der Waals surface area (Å²) in [4.78, 5) is 14.4. The minimum atomic E-state index is 0.0349. The van der Waals surface area contributed by atoms with Gasteiger partial charge in [0.25, 0.3) is 0 Å². The summed E-state index contributed by atoms with van der Waals surface area (Å²) in [5.41, 5.74) is 0.792. The zero-order valence-electron chi connectivity index (χ0n) is 11.9. The van der Waals surface area contributed by atoms with E-state index < -0.39 is 0 Å². The zero-order valence-corrected chi connectivity index (χ0v) is 12.6. The monoisotopic (exact) mass is 295 g/mol. The van der Waals surface area contributed by atoms with E-state index in [2.05, 4.69) is 22.5 Å². The third kappa shape index (κ3) is 4.47. The van der Waals surface area contributed by atoms with Crippen LogP contribution in [-0.4, -0.2) is 43.0 Å². The molecule has 1 aliphatic heterocycles. The Bertz CT molecular complexity index is 429. The molecule has 2 rings (SSSR count). The second-order valence-corrected chi connectivity index (χ2v) is 5.54. The molecule has 2 N–H and O–H groups in total. The van der Waals surface area contributed by atoms with Crippen LogP contribution in [0.15, 0.2) is 24.3 Å². The van der Waals surface area contributed by atoms with Gasteiger partial charge in [0.1, 0.15) is 0 Å². The van der Waals surface area contributed by atoms with E-state index in [4.69, 9.17) is 11.6 Å². The van der Waals surface area contributed by atoms with Crippen molar-refractivity contribution in [2.45, 2.75) is 25.8 Å². The number of amides is 1. The molecule has 1 fully saturated rings. The number of likely N-dealkylation sites (N-methyl/N-ethyl adjacent to an activating group) is 1. The first kappa shape index (κ1) is 15.3. The van der Waals surface area contributed by atoms with E-state index in [-0.39, 0.29) is 5.91 Å². The molecule has 1 aromatic carbocycles. The van der Waals surface area contributed by atoms with Crippen LogP contribution in [0.25, 0.3) is 0 Å². The number of nitrogens with one attached hydrogen (secondary N) is 2. The van der Waals surface area contributed by atoms with Crippen LogP contribution in [0.1, 0.15) is 19.8 Å². The lowest BCUT2D eigenvalue weighted by molar-refractivity contribution is -0.118. The molecule has 1 aliphatic rings. The first-order valence-corrected chi connectivity index (χ1v) is 7.57. The molecule has 110 valence electrons. The van der Waals surface area contributed by atoms with Crippen molar-refractivity contribution >= 4 is 23.2 Å². The molecule has 0 aliphatic carbocycles. The van der Waals surface area contributed by atoms with E-state index in [1.54, 1.807) is 12.1 Å². The van der Waals surface area contributed by atoms with Crippen LogP contribution < -0.4 is 10.6 Å².